The number of carboxylic acid groups (broad SMARTS) is 1. The fourth-order valence-electron chi connectivity index (χ4n) is 1.77. The average molecular weight is 301 g/mol. The maximum atomic E-state index is 12.1. The van der Waals surface area contributed by atoms with Crippen molar-refractivity contribution in [1.29, 1.82) is 0 Å². The van der Waals surface area contributed by atoms with Crippen LogP contribution < -0.4 is 5.32 Å². The predicted octanol–water partition coefficient (Wildman–Crippen LogP) is 3.66. The molecule has 0 radical (unpaired) electrons. The highest BCUT2D eigenvalue weighted by atomic mass is 32.1. The number of nitrogens with one attached hydrogen (secondary N) is 1. The zero-order valence-electron chi connectivity index (χ0n) is 11.5. The van der Waals surface area contributed by atoms with E-state index in [1.807, 2.05) is 19.1 Å². The first-order valence-electron chi connectivity index (χ1n) is 6.49. The molecule has 0 aliphatic heterocycles. The summed E-state index contributed by atoms with van der Waals surface area (Å²) in [5.41, 5.74) is 1.36. The number of rotatable bonds is 5. The van der Waals surface area contributed by atoms with Gasteiger partial charge < -0.3 is 10.4 Å². The SMILES string of the molecule is CCc1ccc(C(=O)Nc2cccc(C=CC(=O)O)c2)s1. The third-order valence-corrected chi connectivity index (χ3v) is 4.03. The van der Waals surface area contributed by atoms with Gasteiger partial charge in [-0.05, 0) is 42.3 Å². The largest absolute Gasteiger partial charge is 0.478 e. The molecule has 1 aromatic carbocycles. The minimum Gasteiger partial charge on any atom is -0.478 e. The van der Waals surface area contributed by atoms with Crippen molar-refractivity contribution in [2.75, 3.05) is 5.32 Å². The summed E-state index contributed by atoms with van der Waals surface area (Å²) in [6.07, 6.45) is 3.46. The van der Waals surface area contributed by atoms with Crippen molar-refractivity contribution < 1.29 is 14.7 Å². The normalized spacial score (nSPS) is 10.7. The summed E-state index contributed by atoms with van der Waals surface area (Å²) in [6.45, 7) is 2.05. The van der Waals surface area contributed by atoms with Gasteiger partial charge in [-0.25, -0.2) is 4.79 Å². The highest BCUT2D eigenvalue weighted by Crippen LogP contribution is 2.19. The van der Waals surface area contributed by atoms with E-state index < -0.39 is 5.97 Å². The summed E-state index contributed by atoms with van der Waals surface area (Å²) in [6, 6.07) is 10.8. The molecule has 0 aliphatic rings. The Kier molecular flexibility index (Phi) is 4.90. The number of amides is 1. The average Bonchev–Trinajstić information content (AvgIpc) is 2.94. The molecule has 0 atom stereocenters. The van der Waals surface area contributed by atoms with Crippen LogP contribution in [-0.2, 0) is 11.2 Å². The Morgan fingerprint density at radius 1 is 1.29 bits per heavy atom. The molecule has 1 heterocycles. The lowest BCUT2D eigenvalue weighted by Crippen LogP contribution is -2.09. The first kappa shape index (κ1) is 15.0. The van der Waals surface area contributed by atoms with Crippen LogP contribution in [0.15, 0.2) is 42.5 Å². The van der Waals surface area contributed by atoms with Gasteiger partial charge in [-0.15, -0.1) is 11.3 Å². The summed E-state index contributed by atoms with van der Waals surface area (Å²) in [7, 11) is 0. The number of hydrogen-bond donors (Lipinski definition) is 2. The van der Waals surface area contributed by atoms with Crippen molar-refractivity contribution >= 4 is 35.0 Å². The van der Waals surface area contributed by atoms with Crippen LogP contribution in [0, 0.1) is 0 Å². The first-order valence-corrected chi connectivity index (χ1v) is 7.31. The van der Waals surface area contributed by atoms with Crippen molar-refractivity contribution in [3.05, 3.63) is 57.8 Å². The summed E-state index contributed by atoms with van der Waals surface area (Å²) in [5.74, 6) is -1.16. The third-order valence-electron chi connectivity index (χ3n) is 2.80. The lowest BCUT2D eigenvalue weighted by molar-refractivity contribution is -0.131. The Bertz CT molecular complexity index is 688. The Balaban J connectivity index is 2.10. The molecule has 21 heavy (non-hydrogen) atoms. The van der Waals surface area contributed by atoms with E-state index in [0.29, 0.717) is 10.6 Å². The first-order chi connectivity index (χ1) is 10.1. The second-order valence-corrected chi connectivity index (χ2v) is 5.54. The van der Waals surface area contributed by atoms with Crippen LogP contribution in [0.25, 0.3) is 6.08 Å². The summed E-state index contributed by atoms with van der Waals surface area (Å²) < 4.78 is 0. The number of benzene rings is 1. The highest BCUT2D eigenvalue weighted by Gasteiger charge is 2.09. The molecule has 0 fully saturated rings. The van der Waals surface area contributed by atoms with E-state index in [9.17, 15) is 9.59 Å². The van der Waals surface area contributed by atoms with Gasteiger partial charge in [-0.1, -0.05) is 19.1 Å². The topological polar surface area (TPSA) is 66.4 Å². The quantitative estimate of drug-likeness (QED) is 0.828. The Morgan fingerprint density at radius 3 is 2.76 bits per heavy atom. The number of carbonyl (C=O) groups is 2. The number of aryl methyl sites for hydroxylation is 1. The number of anilines is 1. The number of hydrogen-bond acceptors (Lipinski definition) is 3. The molecule has 108 valence electrons. The van der Waals surface area contributed by atoms with Gasteiger partial charge in [-0.3, -0.25) is 4.79 Å². The second-order valence-electron chi connectivity index (χ2n) is 4.37. The predicted molar refractivity (Wildman–Crippen MR) is 84.8 cm³/mol. The van der Waals surface area contributed by atoms with Gasteiger partial charge >= 0.3 is 5.97 Å². The van der Waals surface area contributed by atoms with E-state index in [1.165, 1.54) is 22.3 Å². The van der Waals surface area contributed by atoms with E-state index in [2.05, 4.69) is 5.32 Å². The molecule has 5 heteroatoms. The molecular weight excluding hydrogens is 286 g/mol. The third kappa shape index (κ3) is 4.29. The smallest absolute Gasteiger partial charge is 0.328 e. The molecule has 4 nitrogen and oxygen atoms in total. The molecule has 0 aliphatic carbocycles. The van der Waals surface area contributed by atoms with Gasteiger partial charge in [-0.2, -0.15) is 0 Å². The second kappa shape index (κ2) is 6.85. The van der Waals surface area contributed by atoms with Crippen LogP contribution >= 0.6 is 11.3 Å². The maximum Gasteiger partial charge on any atom is 0.328 e. The lowest BCUT2D eigenvalue weighted by atomic mass is 10.2. The number of carbonyl (C=O) groups excluding carboxylic acids is 1. The van der Waals surface area contributed by atoms with Crippen LogP contribution in [0.1, 0.15) is 27.0 Å². The zero-order valence-corrected chi connectivity index (χ0v) is 12.3. The van der Waals surface area contributed by atoms with E-state index in [0.717, 1.165) is 18.1 Å². The molecule has 2 N–H and O–H groups in total. The maximum absolute atomic E-state index is 12.1. The summed E-state index contributed by atoms with van der Waals surface area (Å²) >= 11 is 1.47. The van der Waals surface area contributed by atoms with Gasteiger partial charge in [0.2, 0.25) is 0 Å². The minimum atomic E-state index is -1.00. The van der Waals surface area contributed by atoms with Gasteiger partial charge in [0.15, 0.2) is 0 Å². The minimum absolute atomic E-state index is 0.154. The summed E-state index contributed by atoms with van der Waals surface area (Å²) in [5, 5.41) is 11.4. The molecule has 0 spiro atoms. The van der Waals surface area contributed by atoms with Crippen molar-refractivity contribution in [2.24, 2.45) is 0 Å². The van der Waals surface area contributed by atoms with Crippen LogP contribution in [0.2, 0.25) is 0 Å². The Morgan fingerprint density at radius 2 is 2.10 bits per heavy atom. The molecule has 0 saturated heterocycles. The zero-order chi connectivity index (χ0) is 15.2. The number of carboxylic acids is 1. The molecule has 2 aromatic rings. The van der Waals surface area contributed by atoms with Gasteiger partial charge in [0, 0.05) is 16.6 Å². The molecule has 1 amide bonds. The van der Waals surface area contributed by atoms with Crippen molar-refractivity contribution in [1.82, 2.24) is 0 Å². The van der Waals surface area contributed by atoms with Crippen LogP contribution in [0.5, 0.6) is 0 Å². The molecule has 0 saturated carbocycles. The lowest BCUT2D eigenvalue weighted by Gasteiger charge is -2.04. The van der Waals surface area contributed by atoms with E-state index >= 15 is 0 Å². The molecule has 0 unspecified atom stereocenters. The van der Waals surface area contributed by atoms with Crippen LogP contribution in [0.3, 0.4) is 0 Å². The molecule has 1 aromatic heterocycles. The van der Waals surface area contributed by atoms with Gasteiger partial charge in [0.1, 0.15) is 0 Å². The van der Waals surface area contributed by atoms with Gasteiger partial charge in [0.25, 0.3) is 5.91 Å². The standard InChI is InChI=1S/C16H15NO3S/c1-2-13-7-8-14(21-13)16(20)17-12-5-3-4-11(10-12)6-9-15(18)19/h3-10H,2H2,1H3,(H,17,20)(H,18,19). The van der Waals surface area contributed by atoms with Crippen LogP contribution in [0.4, 0.5) is 5.69 Å². The van der Waals surface area contributed by atoms with Gasteiger partial charge in [0.05, 0.1) is 4.88 Å². The monoisotopic (exact) mass is 301 g/mol. The number of thiophene rings is 1. The van der Waals surface area contributed by atoms with E-state index in [4.69, 9.17) is 5.11 Å². The fourth-order valence-corrected chi connectivity index (χ4v) is 2.61. The Hall–Kier alpha value is -2.40. The number of aliphatic carboxylic acids is 1. The fraction of sp³-hybridized carbons (Fsp3) is 0.125. The molecule has 2 rings (SSSR count). The van der Waals surface area contributed by atoms with Crippen molar-refractivity contribution in [3.63, 3.8) is 0 Å². The van der Waals surface area contributed by atoms with Crippen LogP contribution in [-0.4, -0.2) is 17.0 Å². The molecule has 0 bridgehead atoms. The van der Waals surface area contributed by atoms with Crippen molar-refractivity contribution in [3.8, 4) is 0 Å². The Labute approximate surface area is 126 Å². The summed E-state index contributed by atoms with van der Waals surface area (Å²) in [4.78, 5) is 24.4. The van der Waals surface area contributed by atoms with E-state index in [1.54, 1.807) is 24.3 Å². The molecular formula is C16H15NO3S. The highest BCUT2D eigenvalue weighted by molar-refractivity contribution is 7.14. The van der Waals surface area contributed by atoms with Crippen molar-refractivity contribution in [2.45, 2.75) is 13.3 Å². The van der Waals surface area contributed by atoms with E-state index in [-0.39, 0.29) is 5.91 Å².